The average Bonchev–Trinajstić information content (AvgIpc) is 2.77. The minimum absolute atomic E-state index is 0.0929. The molecule has 2 saturated heterocycles. The van der Waals surface area contributed by atoms with Gasteiger partial charge in [-0.3, -0.25) is 14.5 Å². The topological polar surface area (TPSA) is 72.6 Å². The molecule has 16 heavy (non-hydrogen) atoms. The van der Waals surface area contributed by atoms with Gasteiger partial charge in [-0.25, -0.2) is 0 Å². The highest BCUT2D eigenvalue weighted by atomic mass is 16.5. The van der Waals surface area contributed by atoms with E-state index in [4.69, 9.17) is 10.5 Å². The summed E-state index contributed by atoms with van der Waals surface area (Å²) in [6.07, 6.45) is 3.92. The molecule has 0 aliphatic carbocycles. The van der Waals surface area contributed by atoms with Gasteiger partial charge in [-0.1, -0.05) is 0 Å². The van der Waals surface area contributed by atoms with Crippen LogP contribution in [0.4, 0.5) is 0 Å². The maximum absolute atomic E-state index is 11.7. The molecule has 2 aliphatic heterocycles. The molecular formula is C11H18N2O3. The molecule has 2 atom stereocenters. The van der Waals surface area contributed by atoms with E-state index in [2.05, 4.69) is 0 Å². The Balaban J connectivity index is 1.86. The molecular weight excluding hydrogens is 208 g/mol. The second-order valence-electron chi connectivity index (χ2n) is 4.45. The summed E-state index contributed by atoms with van der Waals surface area (Å²) in [6, 6.07) is -0.498. The van der Waals surface area contributed by atoms with Crippen LogP contribution in [0.25, 0.3) is 0 Å². The van der Waals surface area contributed by atoms with Crippen molar-refractivity contribution < 1.29 is 14.3 Å². The second kappa shape index (κ2) is 4.93. The molecule has 0 aromatic heterocycles. The molecule has 5 nitrogen and oxygen atoms in total. The molecule has 5 heteroatoms. The Morgan fingerprint density at radius 2 is 2.19 bits per heavy atom. The summed E-state index contributed by atoms with van der Waals surface area (Å²) < 4.78 is 5.46. The van der Waals surface area contributed by atoms with Crippen molar-refractivity contribution in [1.29, 1.82) is 0 Å². The molecule has 2 unspecified atom stereocenters. The molecule has 2 heterocycles. The van der Waals surface area contributed by atoms with Gasteiger partial charge in [0, 0.05) is 19.6 Å². The van der Waals surface area contributed by atoms with Crippen LogP contribution in [0.3, 0.4) is 0 Å². The molecule has 0 aromatic carbocycles. The third kappa shape index (κ3) is 2.41. The predicted molar refractivity (Wildman–Crippen MR) is 57.5 cm³/mol. The van der Waals surface area contributed by atoms with E-state index in [1.165, 1.54) is 4.90 Å². The first-order chi connectivity index (χ1) is 7.68. The molecule has 0 saturated carbocycles. The fraction of sp³-hybridized carbons (Fsp3) is 0.818. The Hall–Kier alpha value is -0.940. The number of hydrogen-bond acceptors (Lipinski definition) is 4. The SMILES string of the molecule is NC1CCC(=O)N(CCC2CCCO2)C1=O. The number of piperidine rings is 1. The molecule has 0 radical (unpaired) electrons. The number of rotatable bonds is 3. The van der Waals surface area contributed by atoms with Gasteiger partial charge in [0.2, 0.25) is 11.8 Å². The first-order valence-corrected chi connectivity index (χ1v) is 5.90. The van der Waals surface area contributed by atoms with E-state index in [9.17, 15) is 9.59 Å². The van der Waals surface area contributed by atoms with Crippen LogP contribution in [-0.2, 0) is 14.3 Å². The summed E-state index contributed by atoms with van der Waals surface area (Å²) in [6.45, 7) is 1.25. The highest BCUT2D eigenvalue weighted by Gasteiger charge is 2.32. The zero-order valence-corrected chi connectivity index (χ0v) is 9.35. The third-order valence-electron chi connectivity index (χ3n) is 3.25. The fourth-order valence-corrected chi connectivity index (χ4v) is 2.24. The zero-order valence-electron chi connectivity index (χ0n) is 9.35. The van der Waals surface area contributed by atoms with Crippen LogP contribution in [0.1, 0.15) is 32.1 Å². The Morgan fingerprint density at radius 1 is 1.38 bits per heavy atom. The number of nitrogens with two attached hydrogens (primary N) is 1. The number of nitrogens with zero attached hydrogens (tertiary/aromatic N) is 1. The van der Waals surface area contributed by atoms with Gasteiger partial charge >= 0.3 is 0 Å². The summed E-state index contributed by atoms with van der Waals surface area (Å²) in [5.74, 6) is -0.320. The van der Waals surface area contributed by atoms with E-state index in [0.29, 0.717) is 19.4 Å². The monoisotopic (exact) mass is 226 g/mol. The van der Waals surface area contributed by atoms with E-state index in [1.807, 2.05) is 0 Å². The largest absolute Gasteiger partial charge is 0.378 e. The average molecular weight is 226 g/mol. The number of amides is 2. The van der Waals surface area contributed by atoms with Crippen molar-refractivity contribution in [2.24, 2.45) is 5.73 Å². The van der Waals surface area contributed by atoms with Crippen molar-refractivity contribution in [3.63, 3.8) is 0 Å². The number of ether oxygens (including phenoxy) is 1. The van der Waals surface area contributed by atoms with Crippen LogP contribution in [0, 0.1) is 0 Å². The summed E-state index contributed by atoms with van der Waals surface area (Å²) in [4.78, 5) is 24.5. The van der Waals surface area contributed by atoms with Gasteiger partial charge < -0.3 is 10.5 Å². The Morgan fingerprint density at radius 3 is 2.88 bits per heavy atom. The van der Waals surface area contributed by atoms with Gasteiger partial charge in [-0.15, -0.1) is 0 Å². The van der Waals surface area contributed by atoms with Crippen LogP contribution in [0.15, 0.2) is 0 Å². The third-order valence-corrected chi connectivity index (χ3v) is 3.25. The van der Waals surface area contributed by atoms with Crippen LogP contribution in [0.2, 0.25) is 0 Å². The summed E-state index contributed by atoms with van der Waals surface area (Å²) in [7, 11) is 0. The molecule has 0 spiro atoms. The Labute approximate surface area is 94.9 Å². The normalized spacial score (nSPS) is 31.2. The molecule has 2 rings (SSSR count). The van der Waals surface area contributed by atoms with Crippen molar-refractivity contribution in [3.8, 4) is 0 Å². The highest BCUT2D eigenvalue weighted by molar-refractivity contribution is 6.00. The van der Waals surface area contributed by atoms with Crippen LogP contribution >= 0.6 is 0 Å². The van der Waals surface area contributed by atoms with Crippen LogP contribution in [0.5, 0.6) is 0 Å². The fourth-order valence-electron chi connectivity index (χ4n) is 2.24. The van der Waals surface area contributed by atoms with Crippen molar-refractivity contribution in [1.82, 2.24) is 4.90 Å². The zero-order chi connectivity index (χ0) is 11.5. The van der Waals surface area contributed by atoms with Gasteiger partial charge in [0.25, 0.3) is 0 Å². The standard InChI is InChI=1S/C11H18N2O3/c12-9-3-4-10(14)13(11(9)15)6-5-8-2-1-7-16-8/h8-9H,1-7,12H2. The molecule has 90 valence electrons. The van der Waals surface area contributed by atoms with Crippen molar-refractivity contribution in [3.05, 3.63) is 0 Å². The highest BCUT2D eigenvalue weighted by Crippen LogP contribution is 2.18. The van der Waals surface area contributed by atoms with E-state index < -0.39 is 6.04 Å². The van der Waals surface area contributed by atoms with Crippen molar-refractivity contribution >= 4 is 11.8 Å². The van der Waals surface area contributed by atoms with E-state index in [1.54, 1.807) is 0 Å². The van der Waals surface area contributed by atoms with Crippen LogP contribution < -0.4 is 5.73 Å². The lowest BCUT2D eigenvalue weighted by molar-refractivity contribution is -0.149. The molecule has 2 N–H and O–H groups in total. The lowest BCUT2D eigenvalue weighted by atomic mass is 10.0. The lowest BCUT2D eigenvalue weighted by Crippen LogP contribution is -2.51. The van der Waals surface area contributed by atoms with Gasteiger partial charge in [0.15, 0.2) is 0 Å². The Kier molecular flexibility index (Phi) is 3.56. The van der Waals surface area contributed by atoms with E-state index in [0.717, 1.165) is 25.9 Å². The number of carbonyl (C=O) groups excluding carboxylic acids is 2. The summed E-state index contributed by atoms with van der Waals surface area (Å²) in [5, 5.41) is 0. The summed E-state index contributed by atoms with van der Waals surface area (Å²) in [5.41, 5.74) is 5.64. The van der Waals surface area contributed by atoms with Gasteiger partial charge in [-0.2, -0.15) is 0 Å². The molecule has 2 fully saturated rings. The first kappa shape index (κ1) is 11.5. The molecule has 2 amide bonds. The molecule has 2 aliphatic rings. The van der Waals surface area contributed by atoms with Gasteiger partial charge in [-0.05, 0) is 25.7 Å². The quantitative estimate of drug-likeness (QED) is 0.689. The number of likely N-dealkylation sites (tertiary alicyclic amines) is 1. The van der Waals surface area contributed by atoms with E-state index in [-0.39, 0.29) is 17.9 Å². The smallest absolute Gasteiger partial charge is 0.246 e. The lowest BCUT2D eigenvalue weighted by Gasteiger charge is -2.29. The Bertz CT molecular complexity index is 287. The molecule has 0 aromatic rings. The van der Waals surface area contributed by atoms with Crippen molar-refractivity contribution in [2.75, 3.05) is 13.2 Å². The minimum Gasteiger partial charge on any atom is -0.378 e. The van der Waals surface area contributed by atoms with Crippen molar-refractivity contribution in [2.45, 2.75) is 44.2 Å². The van der Waals surface area contributed by atoms with Crippen LogP contribution in [-0.4, -0.2) is 42.0 Å². The van der Waals surface area contributed by atoms with Gasteiger partial charge in [0.1, 0.15) is 0 Å². The molecule has 0 bridgehead atoms. The van der Waals surface area contributed by atoms with E-state index >= 15 is 0 Å². The second-order valence-corrected chi connectivity index (χ2v) is 4.45. The number of hydrogen-bond donors (Lipinski definition) is 1. The summed E-state index contributed by atoms with van der Waals surface area (Å²) >= 11 is 0. The maximum Gasteiger partial charge on any atom is 0.246 e. The minimum atomic E-state index is -0.498. The number of carbonyl (C=O) groups is 2. The van der Waals surface area contributed by atoms with Gasteiger partial charge in [0.05, 0.1) is 12.1 Å². The maximum atomic E-state index is 11.7. The number of imide groups is 1. The predicted octanol–water partition coefficient (Wildman–Crippen LogP) is 0.0318. The first-order valence-electron chi connectivity index (χ1n) is 5.90.